The molecule has 13 heavy (non-hydrogen) atoms. The maximum absolute atomic E-state index is 4.17. The molecule has 2 rings (SSSR count). The molecule has 0 aromatic rings. The normalized spacial score (nSPS) is 32.3. The molecule has 0 saturated carbocycles. The van der Waals surface area contributed by atoms with Crippen LogP contribution in [0.15, 0.2) is 28.8 Å². The highest BCUT2D eigenvalue weighted by molar-refractivity contribution is 8.03. The highest BCUT2D eigenvalue weighted by atomic mass is 32.2. The number of rotatable bonds is 2. The van der Waals surface area contributed by atoms with Gasteiger partial charge in [0.2, 0.25) is 0 Å². The van der Waals surface area contributed by atoms with Crippen LogP contribution in [0.4, 0.5) is 0 Å². The quantitative estimate of drug-likeness (QED) is 0.612. The summed E-state index contributed by atoms with van der Waals surface area (Å²) in [5.41, 5.74) is 0. The first-order valence-corrected chi connectivity index (χ1v) is 5.90. The fourth-order valence-electron chi connectivity index (χ4n) is 1.85. The van der Waals surface area contributed by atoms with Gasteiger partial charge in [-0.05, 0) is 37.0 Å². The molecule has 2 atom stereocenters. The molecular weight excluding hydrogens is 178 g/mol. The van der Waals surface area contributed by atoms with Crippen molar-refractivity contribution < 1.29 is 0 Å². The lowest BCUT2D eigenvalue weighted by Crippen LogP contribution is -2.12. The van der Waals surface area contributed by atoms with Crippen LogP contribution in [0.5, 0.6) is 0 Å². The molecule has 0 bridgehead atoms. The summed E-state index contributed by atoms with van der Waals surface area (Å²) in [5, 5.41) is 2.70. The number of hydrogen-bond acceptors (Lipinski definition) is 2. The number of hydrogen-bond donors (Lipinski definition) is 0. The van der Waals surface area contributed by atoms with E-state index in [1.54, 1.807) is 0 Å². The summed E-state index contributed by atoms with van der Waals surface area (Å²) in [5.74, 6) is 0.796. The average molecular weight is 193 g/mol. The molecule has 2 aliphatic rings. The van der Waals surface area contributed by atoms with Crippen LogP contribution >= 0.6 is 11.8 Å². The van der Waals surface area contributed by atoms with Crippen LogP contribution in [0.3, 0.4) is 0 Å². The molecule has 1 heterocycles. The van der Waals surface area contributed by atoms with Gasteiger partial charge in [0.1, 0.15) is 0 Å². The van der Waals surface area contributed by atoms with E-state index in [-0.39, 0.29) is 0 Å². The van der Waals surface area contributed by atoms with Gasteiger partial charge in [0, 0.05) is 17.7 Å². The smallest absolute Gasteiger partial charge is 0.0448 e. The minimum absolute atomic E-state index is 0.609. The second-order valence-corrected chi connectivity index (χ2v) is 4.76. The molecule has 0 N–H and O–H groups in total. The third kappa shape index (κ3) is 2.73. The Hall–Kier alpha value is -0.500. The lowest BCUT2D eigenvalue weighted by atomic mass is 9.92. The van der Waals surface area contributed by atoms with Crippen LogP contribution in [0.1, 0.15) is 25.7 Å². The molecule has 0 fully saturated rings. The lowest BCUT2D eigenvalue weighted by molar-refractivity contribution is 0.520. The van der Waals surface area contributed by atoms with E-state index in [0.717, 1.165) is 5.92 Å². The minimum atomic E-state index is 0.609. The lowest BCUT2D eigenvalue weighted by Gasteiger charge is -2.20. The Morgan fingerprint density at radius 2 is 2.46 bits per heavy atom. The van der Waals surface area contributed by atoms with Gasteiger partial charge in [-0.25, -0.2) is 0 Å². The highest BCUT2D eigenvalue weighted by Gasteiger charge is 2.15. The van der Waals surface area contributed by atoms with Crippen molar-refractivity contribution in [3.63, 3.8) is 0 Å². The van der Waals surface area contributed by atoms with Gasteiger partial charge >= 0.3 is 0 Å². The molecule has 0 amide bonds. The van der Waals surface area contributed by atoms with Crippen LogP contribution in [-0.2, 0) is 0 Å². The Morgan fingerprint density at radius 3 is 3.15 bits per heavy atom. The topological polar surface area (TPSA) is 12.4 Å². The molecule has 2 heteroatoms. The van der Waals surface area contributed by atoms with E-state index in [4.69, 9.17) is 0 Å². The Kier molecular flexibility index (Phi) is 3.25. The van der Waals surface area contributed by atoms with Crippen LogP contribution in [0.2, 0.25) is 0 Å². The number of nitrogens with zero attached hydrogens (tertiary/aromatic N) is 1. The second-order valence-electron chi connectivity index (χ2n) is 3.61. The van der Waals surface area contributed by atoms with Crippen LogP contribution in [-0.4, -0.2) is 11.5 Å². The van der Waals surface area contributed by atoms with Gasteiger partial charge in [-0.1, -0.05) is 12.2 Å². The van der Waals surface area contributed by atoms with Crippen LogP contribution in [0, 0.1) is 5.92 Å². The molecule has 1 aliphatic carbocycles. The summed E-state index contributed by atoms with van der Waals surface area (Å²) in [6.07, 6.45) is 13.9. The highest BCUT2D eigenvalue weighted by Crippen LogP contribution is 2.27. The summed E-state index contributed by atoms with van der Waals surface area (Å²) in [4.78, 5) is 4.17. The molecule has 0 unspecified atom stereocenters. The fourth-order valence-corrected chi connectivity index (χ4v) is 2.69. The standard InChI is InChI=1S/C11H15NS/c1-2-4-10(5-3-1)8-11-9-12-6-7-13-11/h2,4,6-7,9-11H,1,3,5,8H2/t10-,11-/m1/s1. The first kappa shape index (κ1) is 9.07. The SMILES string of the molecule is C1=C[C@@H](C[C@@H]2C=NC=CS2)CCC1. The van der Waals surface area contributed by atoms with Crippen molar-refractivity contribution in [2.45, 2.75) is 30.9 Å². The van der Waals surface area contributed by atoms with Gasteiger partial charge in [0.05, 0.1) is 0 Å². The first-order chi connectivity index (χ1) is 6.45. The van der Waals surface area contributed by atoms with E-state index in [1.807, 2.05) is 18.0 Å². The van der Waals surface area contributed by atoms with Gasteiger partial charge in [0.25, 0.3) is 0 Å². The maximum Gasteiger partial charge on any atom is 0.0448 e. The Balaban J connectivity index is 1.83. The zero-order valence-corrected chi connectivity index (χ0v) is 8.54. The van der Waals surface area contributed by atoms with Gasteiger partial charge in [-0.3, -0.25) is 4.99 Å². The van der Waals surface area contributed by atoms with E-state index >= 15 is 0 Å². The molecular formula is C11H15NS. The van der Waals surface area contributed by atoms with E-state index in [0.29, 0.717) is 5.25 Å². The molecule has 1 nitrogen and oxygen atoms in total. The summed E-state index contributed by atoms with van der Waals surface area (Å²) in [6, 6.07) is 0. The Labute approximate surface area is 84.0 Å². The van der Waals surface area contributed by atoms with Crippen molar-refractivity contribution in [3.8, 4) is 0 Å². The summed E-state index contributed by atoms with van der Waals surface area (Å²) >= 11 is 1.89. The van der Waals surface area contributed by atoms with Crippen molar-refractivity contribution in [2.24, 2.45) is 10.9 Å². The predicted molar refractivity (Wildman–Crippen MR) is 60.1 cm³/mol. The Morgan fingerprint density at radius 1 is 1.46 bits per heavy atom. The third-order valence-electron chi connectivity index (χ3n) is 2.54. The van der Waals surface area contributed by atoms with Crippen molar-refractivity contribution in [1.82, 2.24) is 0 Å². The van der Waals surface area contributed by atoms with Crippen molar-refractivity contribution >= 4 is 18.0 Å². The van der Waals surface area contributed by atoms with E-state index in [1.165, 1.54) is 25.7 Å². The zero-order chi connectivity index (χ0) is 8.93. The number of allylic oxidation sites excluding steroid dienone is 2. The first-order valence-electron chi connectivity index (χ1n) is 4.95. The Bertz CT molecular complexity index is 242. The molecule has 0 saturated heterocycles. The number of aliphatic imine (C=N–C) groups is 1. The van der Waals surface area contributed by atoms with Crippen molar-refractivity contribution in [2.75, 3.05) is 0 Å². The van der Waals surface area contributed by atoms with E-state index < -0.39 is 0 Å². The summed E-state index contributed by atoms with van der Waals surface area (Å²) < 4.78 is 0. The van der Waals surface area contributed by atoms with E-state index in [2.05, 4.69) is 28.8 Å². The molecule has 70 valence electrons. The van der Waals surface area contributed by atoms with Gasteiger partial charge in [-0.15, -0.1) is 11.8 Å². The monoisotopic (exact) mass is 193 g/mol. The van der Waals surface area contributed by atoms with Gasteiger partial charge < -0.3 is 0 Å². The molecule has 0 radical (unpaired) electrons. The molecule has 0 aromatic carbocycles. The third-order valence-corrected chi connectivity index (χ3v) is 3.48. The molecule has 0 aromatic heterocycles. The van der Waals surface area contributed by atoms with Crippen LogP contribution < -0.4 is 0 Å². The predicted octanol–water partition coefficient (Wildman–Crippen LogP) is 3.39. The second kappa shape index (κ2) is 4.66. The van der Waals surface area contributed by atoms with Crippen LogP contribution in [0.25, 0.3) is 0 Å². The zero-order valence-electron chi connectivity index (χ0n) is 7.73. The largest absolute Gasteiger partial charge is 0.267 e. The summed E-state index contributed by atoms with van der Waals surface area (Å²) in [6.45, 7) is 0. The minimum Gasteiger partial charge on any atom is -0.267 e. The maximum atomic E-state index is 4.17. The average Bonchev–Trinajstić information content (AvgIpc) is 2.21. The summed E-state index contributed by atoms with van der Waals surface area (Å²) in [7, 11) is 0. The van der Waals surface area contributed by atoms with Crippen molar-refractivity contribution in [3.05, 3.63) is 23.8 Å². The fraction of sp³-hybridized carbons (Fsp3) is 0.545. The molecule has 1 aliphatic heterocycles. The molecule has 0 spiro atoms. The van der Waals surface area contributed by atoms with Gasteiger partial charge in [0.15, 0.2) is 0 Å². The van der Waals surface area contributed by atoms with Gasteiger partial charge in [-0.2, -0.15) is 0 Å². The van der Waals surface area contributed by atoms with E-state index in [9.17, 15) is 0 Å². The number of thioether (sulfide) groups is 1. The van der Waals surface area contributed by atoms with Crippen molar-refractivity contribution in [1.29, 1.82) is 0 Å².